The fourth-order valence-corrected chi connectivity index (χ4v) is 0.663. The molecule has 0 aromatic rings. The van der Waals surface area contributed by atoms with E-state index in [1.165, 1.54) is 11.1 Å². The van der Waals surface area contributed by atoms with Crippen molar-refractivity contribution >= 4 is 6.08 Å². The molecule has 0 radical (unpaired) electrons. The van der Waals surface area contributed by atoms with E-state index in [-0.39, 0.29) is 0 Å². The zero-order valence-corrected chi connectivity index (χ0v) is 4.72. The first kappa shape index (κ1) is 5.73. The molecule has 2 heteroatoms. The van der Waals surface area contributed by atoms with E-state index in [1.807, 2.05) is 0 Å². The Morgan fingerprint density at radius 1 is 1.11 bits per heavy atom. The van der Waals surface area contributed by atoms with Crippen molar-refractivity contribution in [2.75, 3.05) is 0 Å². The zero-order chi connectivity index (χ0) is 6.69. The second-order valence-corrected chi connectivity index (χ2v) is 1.68. The van der Waals surface area contributed by atoms with Crippen molar-refractivity contribution in [2.45, 2.75) is 0 Å². The van der Waals surface area contributed by atoms with Crippen LogP contribution >= 0.6 is 0 Å². The van der Waals surface area contributed by atoms with Gasteiger partial charge in [0.15, 0.2) is 0 Å². The molecule has 0 bridgehead atoms. The van der Waals surface area contributed by atoms with Gasteiger partial charge in [-0.2, -0.15) is 0 Å². The van der Waals surface area contributed by atoms with Gasteiger partial charge in [0.05, 0.1) is 0 Å². The highest BCUT2D eigenvalue weighted by molar-refractivity contribution is 5.75. The minimum atomic E-state index is 0.750. The molecule has 0 aromatic carbocycles. The van der Waals surface area contributed by atoms with Gasteiger partial charge in [0.2, 0.25) is 6.08 Å². The van der Waals surface area contributed by atoms with E-state index >= 15 is 0 Å². The number of benzene rings is 1. The molecule has 0 spiro atoms. The van der Waals surface area contributed by atoms with Crippen molar-refractivity contribution in [1.29, 1.82) is 5.41 Å². The maximum Gasteiger partial charge on any atom is 0.231 e. The minimum absolute atomic E-state index is 0.750. The summed E-state index contributed by atoms with van der Waals surface area (Å²) >= 11 is 0. The Hall–Kier alpha value is -1.40. The van der Waals surface area contributed by atoms with Crippen molar-refractivity contribution in [2.24, 2.45) is 0 Å². The van der Waals surface area contributed by atoms with Crippen LogP contribution in [0.3, 0.4) is 0 Å². The maximum atomic E-state index is 8.35. The molecule has 0 aromatic heterocycles. The van der Waals surface area contributed by atoms with E-state index in [9.17, 15) is 0 Å². The third-order valence-corrected chi connectivity index (χ3v) is 1.22. The normalized spacial score (nSPS) is 8.44. The lowest BCUT2D eigenvalue weighted by atomic mass is 9.95. The molecule has 2 aliphatic rings. The molecular weight excluding hydrogens is 114 g/mol. The van der Waals surface area contributed by atoms with Gasteiger partial charge in [-0.15, -0.1) is 0 Å². The van der Waals surface area contributed by atoms with Crippen LogP contribution in [0.1, 0.15) is 0 Å². The Morgan fingerprint density at radius 3 is 1.33 bits per heavy atom. The van der Waals surface area contributed by atoms with Crippen molar-refractivity contribution in [1.82, 2.24) is 0 Å². The Balaban J connectivity index is 0.000000120. The van der Waals surface area contributed by atoms with Gasteiger partial charge in [-0.1, -0.05) is 24.3 Å². The van der Waals surface area contributed by atoms with Gasteiger partial charge in [-0.3, -0.25) is 0 Å². The molecule has 0 unspecified atom stereocenters. The van der Waals surface area contributed by atoms with Crippen molar-refractivity contribution in [3.63, 3.8) is 0 Å². The molecule has 1 N–H and O–H groups in total. The van der Waals surface area contributed by atoms with Crippen LogP contribution in [-0.4, -0.2) is 6.08 Å². The van der Waals surface area contributed by atoms with Crippen molar-refractivity contribution in [3.05, 3.63) is 24.3 Å². The second kappa shape index (κ2) is 2.25. The van der Waals surface area contributed by atoms with E-state index in [1.54, 1.807) is 0 Å². The summed E-state index contributed by atoms with van der Waals surface area (Å²) in [6, 6.07) is 8.48. The molecule has 0 fully saturated rings. The van der Waals surface area contributed by atoms with Gasteiger partial charge in [-0.25, -0.2) is 10.2 Å². The summed E-state index contributed by atoms with van der Waals surface area (Å²) in [5.41, 5.74) is 2.85. The first-order valence-corrected chi connectivity index (χ1v) is 2.53. The zero-order valence-electron chi connectivity index (χ0n) is 4.72. The quantitative estimate of drug-likeness (QED) is 0.415. The van der Waals surface area contributed by atoms with Gasteiger partial charge in [0.25, 0.3) is 0 Å². The molecule has 0 saturated heterocycles. The Kier molecular flexibility index (Phi) is 1.43. The average Bonchev–Trinajstić information content (AvgIpc) is 1.81. The van der Waals surface area contributed by atoms with Gasteiger partial charge in [0.1, 0.15) is 0 Å². The molecule has 0 amide bonds. The topological polar surface area (TPSA) is 40.9 Å². The summed E-state index contributed by atoms with van der Waals surface area (Å²) in [4.78, 5) is 8.35. The van der Waals surface area contributed by atoms with Crippen LogP contribution < -0.4 is 0 Å². The Bertz CT molecular complexity index is 211. The molecule has 9 heavy (non-hydrogen) atoms. The molecule has 44 valence electrons. The lowest BCUT2D eigenvalue weighted by molar-refractivity contribution is 0.563. The van der Waals surface area contributed by atoms with Crippen LogP contribution in [0, 0.1) is 5.41 Å². The van der Waals surface area contributed by atoms with E-state index < -0.39 is 0 Å². The lowest BCUT2D eigenvalue weighted by Gasteiger charge is -2.10. The third-order valence-electron chi connectivity index (χ3n) is 1.22. The molecule has 0 heterocycles. The summed E-state index contributed by atoms with van der Waals surface area (Å²) < 4.78 is 0. The Morgan fingerprint density at radius 2 is 1.33 bits per heavy atom. The maximum absolute atomic E-state index is 8.35. The first-order chi connectivity index (χ1) is 4.38. The summed E-state index contributed by atoms with van der Waals surface area (Å²) in [5, 5.41) is 5.40. The molecule has 2 nitrogen and oxygen atoms in total. The van der Waals surface area contributed by atoms with Gasteiger partial charge < -0.3 is 0 Å². The molecule has 2 rings (SSSR count). The molecule has 2 aliphatic carbocycles. The number of hydrogen-bond acceptors (Lipinski definition) is 2. The van der Waals surface area contributed by atoms with E-state index in [0.29, 0.717) is 0 Å². The first-order valence-electron chi connectivity index (χ1n) is 2.53. The van der Waals surface area contributed by atoms with Crippen LogP contribution in [0.25, 0.3) is 11.1 Å². The summed E-state index contributed by atoms with van der Waals surface area (Å²) in [6.45, 7) is 0. The molecular formula is C7H5NO. The number of nitrogens with one attached hydrogen (secondary N) is 1. The standard InChI is InChI=1S/C6H4.CHNO/c1-2-6-4-3-5(1)6;2-1-3/h1-4H;2H. The van der Waals surface area contributed by atoms with Crippen LogP contribution in [0.15, 0.2) is 24.3 Å². The average molecular weight is 119 g/mol. The highest BCUT2D eigenvalue weighted by Gasteiger charge is 2.03. The largest absolute Gasteiger partial charge is 0.231 e. The van der Waals surface area contributed by atoms with Crippen LogP contribution in [0.2, 0.25) is 0 Å². The van der Waals surface area contributed by atoms with Crippen LogP contribution in [-0.2, 0) is 4.79 Å². The SMILES string of the molecule is N=C=O.c1cc2ccc1-2. The highest BCUT2D eigenvalue weighted by atomic mass is 16.1. The fraction of sp³-hybridized carbons (Fsp3) is 0. The number of fused-ring (bicyclic) bond motifs is 1. The van der Waals surface area contributed by atoms with E-state index in [2.05, 4.69) is 24.3 Å². The fourth-order valence-electron chi connectivity index (χ4n) is 0.663. The number of carbonyl (C=O) groups excluding carboxylic acids is 1. The number of rotatable bonds is 0. The van der Waals surface area contributed by atoms with E-state index in [0.717, 1.165) is 6.08 Å². The molecule has 0 aliphatic heterocycles. The minimum Gasteiger partial charge on any atom is -0.222 e. The van der Waals surface area contributed by atoms with Crippen molar-refractivity contribution in [3.8, 4) is 11.1 Å². The van der Waals surface area contributed by atoms with Crippen LogP contribution in [0.4, 0.5) is 0 Å². The van der Waals surface area contributed by atoms with Gasteiger partial charge >= 0.3 is 0 Å². The number of isocyanates is 1. The third kappa shape index (κ3) is 0.880. The van der Waals surface area contributed by atoms with Crippen LogP contribution in [0.5, 0.6) is 0 Å². The Labute approximate surface area is 52.6 Å². The predicted octanol–water partition coefficient (Wildman–Crippen LogP) is 1.57. The number of hydrogen-bond donors (Lipinski definition) is 1. The summed E-state index contributed by atoms with van der Waals surface area (Å²) in [6.07, 6.45) is 0.750. The van der Waals surface area contributed by atoms with Gasteiger partial charge in [0, 0.05) is 0 Å². The predicted molar refractivity (Wildman–Crippen MR) is 33.8 cm³/mol. The monoisotopic (exact) mass is 119 g/mol. The summed E-state index contributed by atoms with van der Waals surface area (Å²) in [5.74, 6) is 0. The lowest BCUT2D eigenvalue weighted by Crippen LogP contribution is -1.85. The molecule has 0 atom stereocenters. The summed E-state index contributed by atoms with van der Waals surface area (Å²) in [7, 11) is 0. The van der Waals surface area contributed by atoms with Gasteiger partial charge in [-0.05, 0) is 11.1 Å². The second-order valence-electron chi connectivity index (χ2n) is 1.68. The smallest absolute Gasteiger partial charge is 0.222 e. The molecule has 0 saturated carbocycles. The van der Waals surface area contributed by atoms with E-state index in [4.69, 9.17) is 10.2 Å². The highest BCUT2D eigenvalue weighted by Crippen LogP contribution is 2.29. The van der Waals surface area contributed by atoms with Crippen molar-refractivity contribution < 1.29 is 4.79 Å².